The SMILES string of the molecule is CCC1C=C(C(C)(C)C)C=[C]1[Zr+2].[Cl-].[Cl-]. The number of hydrogen-bond acceptors (Lipinski definition) is 0. The second-order valence-corrected chi connectivity index (χ2v) is 5.91. The summed E-state index contributed by atoms with van der Waals surface area (Å²) in [6, 6.07) is 0. The van der Waals surface area contributed by atoms with Gasteiger partial charge in [-0.15, -0.1) is 0 Å². The van der Waals surface area contributed by atoms with Gasteiger partial charge >= 0.3 is 91.2 Å². The molecule has 0 bridgehead atoms. The van der Waals surface area contributed by atoms with Crippen LogP contribution in [0.15, 0.2) is 21.0 Å². The maximum absolute atomic E-state index is 2.45. The average molecular weight is 311 g/mol. The van der Waals surface area contributed by atoms with Gasteiger partial charge in [0.1, 0.15) is 0 Å². The second kappa shape index (κ2) is 6.51. The van der Waals surface area contributed by atoms with E-state index in [4.69, 9.17) is 0 Å². The van der Waals surface area contributed by atoms with Gasteiger partial charge in [0.05, 0.1) is 0 Å². The molecule has 0 spiro atoms. The van der Waals surface area contributed by atoms with Gasteiger partial charge in [-0.2, -0.15) is 0 Å². The van der Waals surface area contributed by atoms with Gasteiger partial charge in [0.15, 0.2) is 0 Å². The Morgan fingerprint density at radius 1 is 1.29 bits per heavy atom. The van der Waals surface area contributed by atoms with Crippen LogP contribution in [0.2, 0.25) is 0 Å². The van der Waals surface area contributed by atoms with Crippen molar-refractivity contribution in [2.24, 2.45) is 11.3 Å². The third kappa shape index (κ3) is 4.21. The van der Waals surface area contributed by atoms with Gasteiger partial charge in [-0.1, -0.05) is 0 Å². The van der Waals surface area contributed by atoms with Crippen LogP contribution in [0.3, 0.4) is 0 Å². The Morgan fingerprint density at radius 2 is 1.79 bits per heavy atom. The molecule has 14 heavy (non-hydrogen) atoms. The van der Waals surface area contributed by atoms with Crippen LogP contribution in [0.1, 0.15) is 34.1 Å². The summed E-state index contributed by atoms with van der Waals surface area (Å²) in [6.07, 6.45) is 6.10. The predicted molar refractivity (Wildman–Crippen MR) is 49.4 cm³/mol. The van der Waals surface area contributed by atoms with E-state index in [-0.39, 0.29) is 24.8 Å². The van der Waals surface area contributed by atoms with Crippen LogP contribution in [-0.2, 0) is 24.7 Å². The van der Waals surface area contributed by atoms with E-state index in [1.807, 2.05) is 0 Å². The van der Waals surface area contributed by atoms with Crippen molar-refractivity contribution in [1.29, 1.82) is 0 Å². The molecular weight excluding hydrogens is 294 g/mol. The first kappa shape index (κ1) is 17.3. The zero-order chi connectivity index (χ0) is 9.35. The van der Waals surface area contributed by atoms with E-state index in [1.165, 1.54) is 12.0 Å². The molecule has 0 aliphatic heterocycles. The number of halogens is 2. The molecule has 0 N–H and O–H groups in total. The van der Waals surface area contributed by atoms with E-state index in [9.17, 15) is 0 Å². The molecular formula is C11H17Cl2Zr. The topological polar surface area (TPSA) is 0 Å². The fourth-order valence-electron chi connectivity index (χ4n) is 1.43. The molecule has 3 heteroatoms. The zero-order valence-corrected chi connectivity index (χ0v) is 13.2. The van der Waals surface area contributed by atoms with Crippen molar-refractivity contribution in [1.82, 2.24) is 0 Å². The van der Waals surface area contributed by atoms with Crippen LogP contribution in [0.4, 0.5) is 0 Å². The Hall–Kier alpha value is 0.943. The van der Waals surface area contributed by atoms with Crippen LogP contribution in [0.5, 0.6) is 0 Å². The third-order valence-corrected chi connectivity index (χ3v) is 3.66. The minimum absolute atomic E-state index is 0. The van der Waals surface area contributed by atoms with Crippen LogP contribution in [0.25, 0.3) is 0 Å². The molecule has 0 amide bonds. The largest absolute Gasteiger partial charge is 1.00 e. The molecule has 1 rings (SSSR count). The molecule has 0 aromatic carbocycles. The maximum atomic E-state index is 2.45. The molecule has 0 saturated heterocycles. The summed E-state index contributed by atoms with van der Waals surface area (Å²) in [6.45, 7) is 9.13. The average Bonchev–Trinajstić information content (AvgIpc) is 2.29. The Balaban J connectivity index is 0. The van der Waals surface area contributed by atoms with Gasteiger partial charge in [-0.25, -0.2) is 0 Å². The van der Waals surface area contributed by atoms with E-state index in [2.05, 4.69) is 39.8 Å². The molecule has 0 nitrogen and oxygen atoms in total. The van der Waals surface area contributed by atoms with Crippen molar-refractivity contribution >= 4 is 0 Å². The van der Waals surface area contributed by atoms with Crippen molar-refractivity contribution in [2.45, 2.75) is 34.1 Å². The molecule has 1 aliphatic carbocycles. The molecule has 79 valence electrons. The first-order valence-electron chi connectivity index (χ1n) is 4.60. The molecule has 0 aromatic heterocycles. The minimum atomic E-state index is 0. The molecule has 1 atom stereocenters. The number of allylic oxidation sites excluding steroid dienone is 4. The number of rotatable bonds is 1. The normalized spacial score (nSPS) is 20.6. The van der Waals surface area contributed by atoms with Crippen LogP contribution >= 0.6 is 0 Å². The zero-order valence-electron chi connectivity index (χ0n) is 9.20. The molecule has 0 heterocycles. The molecule has 0 fully saturated rings. The first-order chi connectivity index (χ1) is 5.45. The molecule has 0 saturated carbocycles. The van der Waals surface area contributed by atoms with Crippen LogP contribution in [0, 0.1) is 11.3 Å². The summed E-state index contributed by atoms with van der Waals surface area (Å²) in [5.74, 6) is 0.748. The summed E-state index contributed by atoms with van der Waals surface area (Å²) >= 11 is 1.58. The van der Waals surface area contributed by atoms with Crippen molar-refractivity contribution in [3.63, 3.8) is 0 Å². The maximum Gasteiger partial charge on any atom is -1.00 e. The van der Waals surface area contributed by atoms with E-state index in [1.54, 1.807) is 28.0 Å². The Kier molecular flexibility index (Phi) is 8.06. The quantitative estimate of drug-likeness (QED) is 0.500. The van der Waals surface area contributed by atoms with Gasteiger partial charge in [-0.05, 0) is 0 Å². The van der Waals surface area contributed by atoms with E-state index >= 15 is 0 Å². The molecule has 0 aromatic rings. The third-order valence-electron chi connectivity index (χ3n) is 2.40. The van der Waals surface area contributed by atoms with Crippen LogP contribution in [-0.4, -0.2) is 0 Å². The Bertz CT molecular complexity index is 236. The van der Waals surface area contributed by atoms with Crippen molar-refractivity contribution < 1.29 is 49.5 Å². The van der Waals surface area contributed by atoms with Gasteiger partial charge in [0.2, 0.25) is 0 Å². The standard InChI is InChI=1S/C11H17.2ClH.Zr/c1-5-9-6-7-10(8-9)11(2,3)4;;;/h7-9H,5H2,1-4H3;2*1H;/q;;;+2/p-2. The van der Waals surface area contributed by atoms with Gasteiger partial charge in [0.25, 0.3) is 0 Å². The first-order valence-corrected chi connectivity index (χ1v) is 5.83. The minimum Gasteiger partial charge on any atom is -1.00 e. The van der Waals surface area contributed by atoms with E-state index in [0.29, 0.717) is 5.41 Å². The number of hydrogen-bond donors (Lipinski definition) is 0. The Labute approximate surface area is 115 Å². The molecule has 0 radical (unpaired) electrons. The molecule has 1 unspecified atom stereocenters. The summed E-state index contributed by atoms with van der Waals surface area (Å²) in [5, 5.41) is 0. The smallest absolute Gasteiger partial charge is 1.00 e. The van der Waals surface area contributed by atoms with Crippen molar-refractivity contribution in [2.75, 3.05) is 0 Å². The Morgan fingerprint density at radius 3 is 2.00 bits per heavy atom. The second-order valence-electron chi connectivity index (χ2n) is 4.49. The van der Waals surface area contributed by atoms with Gasteiger partial charge in [0, 0.05) is 0 Å². The summed E-state index contributed by atoms with van der Waals surface area (Å²) < 4.78 is 1.62. The molecule has 1 aliphatic rings. The van der Waals surface area contributed by atoms with Gasteiger partial charge in [-0.3, -0.25) is 0 Å². The van der Waals surface area contributed by atoms with E-state index < -0.39 is 0 Å². The fraction of sp³-hybridized carbons (Fsp3) is 0.636. The summed E-state index contributed by atoms with van der Waals surface area (Å²) in [4.78, 5) is 0. The van der Waals surface area contributed by atoms with E-state index in [0.717, 1.165) is 5.92 Å². The van der Waals surface area contributed by atoms with Crippen molar-refractivity contribution in [3.05, 3.63) is 21.0 Å². The summed E-state index contributed by atoms with van der Waals surface area (Å²) in [7, 11) is 0. The fourth-order valence-corrected chi connectivity index (χ4v) is 2.52. The van der Waals surface area contributed by atoms with Crippen molar-refractivity contribution in [3.8, 4) is 0 Å². The summed E-state index contributed by atoms with van der Waals surface area (Å²) in [5.41, 5.74) is 1.87. The monoisotopic (exact) mass is 309 g/mol. The predicted octanol–water partition coefficient (Wildman–Crippen LogP) is -2.56. The van der Waals surface area contributed by atoms with Crippen LogP contribution < -0.4 is 24.8 Å². The van der Waals surface area contributed by atoms with Gasteiger partial charge < -0.3 is 24.8 Å².